The average molecular weight is 317 g/mol. The molecule has 0 saturated heterocycles. The van der Waals surface area contributed by atoms with Crippen LogP contribution in [0, 0.1) is 0 Å². The molecule has 1 atom stereocenters. The van der Waals surface area contributed by atoms with Gasteiger partial charge in [0.1, 0.15) is 6.04 Å². The summed E-state index contributed by atoms with van der Waals surface area (Å²) in [6.07, 6.45) is 1.62. The summed E-state index contributed by atoms with van der Waals surface area (Å²) in [5, 5.41) is 4.68. The Balaban J connectivity index is 1.82. The van der Waals surface area contributed by atoms with Gasteiger partial charge < -0.3 is 19.8 Å². The number of ether oxygens (including phenoxy) is 1. The van der Waals surface area contributed by atoms with E-state index in [1.165, 1.54) is 0 Å². The van der Waals surface area contributed by atoms with Crippen molar-refractivity contribution in [1.82, 2.24) is 0 Å². The molecule has 0 fully saturated rings. The van der Waals surface area contributed by atoms with Gasteiger partial charge in [-0.3, -0.25) is 4.79 Å². The molecule has 0 aliphatic carbocycles. The number of carbonyl (C=O) groups is 2. The second-order valence-corrected chi connectivity index (χ2v) is 5.09. The molecular weight excluding hydrogens is 296 g/mol. The van der Waals surface area contributed by atoms with E-state index in [1.54, 1.807) is 37.5 Å². The van der Waals surface area contributed by atoms with Gasteiger partial charge in [-0.05, 0) is 50.2 Å². The predicted molar refractivity (Wildman–Crippen MR) is 84.9 cm³/mol. The molecule has 3 N–H and O–H groups in total. The van der Waals surface area contributed by atoms with Crippen LogP contribution in [0.15, 0.2) is 47.1 Å². The fourth-order valence-electron chi connectivity index (χ4n) is 2.07. The molecule has 0 bridgehead atoms. The molecule has 122 valence electrons. The van der Waals surface area contributed by atoms with E-state index in [9.17, 15) is 9.59 Å². The summed E-state index contributed by atoms with van der Waals surface area (Å²) in [7, 11) is 0. The molecular formula is C17H21N2O4+. The monoisotopic (exact) mass is 317 g/mol. The van der Waals surface area contributed by atoms with Crippen molar-refractivity contribution in [3.63, 3.8) is 0 Å². The number of amides is 1. The number of esters is 1. The Labute approximate surface area is 134 Å². The Bertz CT molecular complexity index is 635. The van der Waals surface area contributed by atoms with Crippen molar-refractivity contribution in [2.45, 2.75) is 19.9 Å². The molecule has 0 spiro atoms. The third-order valence-electron chi connectivity index (χ3n) is 3.33. The lowest BCUT2D eigenvalue weighted by Crippen LogP contribution is -2.86. The summed E-state index contributed by atoms with van der Waals surface area (Å²) in [6.45, 7) is 4.34. The predicted octanol–water partition coefficient (Wildman–Crippen LogP) is 1.72. The molecule has 23 heavy (non-hydrogen) atoms. The number of nitrogens with one attached hydrogen (secondary N) is 1. The van der Waals surface area contributed by atoms with Gasteiger partial charge in [0, 0.05) is 5.69 Å². The minimum absolute atomic E-state index is 0.0712. The van der Waals surface area contributed by atoms with E-state index in [4.69, 9.17) is 9.15 Å². The normalized spacial score (nSPS) is 11.7. The van der Waals surface area contributed by atoms with Crippen molar-refractivity contribution in [3.05, 3.63) is 54.0 Å². The van der Waals surface area contributed by atoms with Crippen LogP contribution in [-0.4, -0.2) is 25.0 Å². The second kappa shape index (κ2) is 8.14. The summed E-state index contributed by atoms with van der Waals surface area (Å²) < 4.78 is 10.2. The third kappa shape index (κ3) is 4.96. The summed E-state index contributed by atoms with van der Waals surface area (Å²) in [5.41, 5.74) is 1.10. The average Bonchev–Trinajstić information content (AvgIpc) is 3.08. The van der Waals surface area contributed by atoms with Gasteiger partial charge in [0.2, 0.25) is 0 Å². The first-order chi connectivity index (χ1) is 11.1. The smallest absolute Gasteiger partial charge is 0.338 e. The maximum absolute atomic E-state index is 11.9. The van der Waals surface area contributed by atoms with E-state index in [-0.39, 0.29) is 24.5 Å². The molecule has 6 nitrogen and oxygen atoms in total. The number of nitrogens with two attached hydrogens (primary N) is 1. The second-order valence-electron chi connectivity index (χ2n) is 5.09. The fraction of sp³-hybridized carbons (Fsp3) is 0.294. The fourth-order valence-corrected chi connectivity index (χ4v) is 2.07. The molecule has 0 aliphatic rings. The highest BCUT2D eigenvalue weighted by atomic mass is 16.5. The summed E-state index contributed by atoms with van der Waals surface area (Å²) in [4.78, 5) is 23.5. The Morgan fingerprint density at radius 3 is 2.61 bits per heavy atom. The van der Waals surface area contributed by atoms with Gasteiger partial charge in [-0.15, -0.1) is 0 Å². The van der Waals surface area contributed by atoms with Crippen LogP contribution >= 0.6 is 0 Å². The highest BCUT2D eigenvalue weighted by Crippen LogP contribution is 2.10. The highest BCUT2D eigenvalue weighted by Gasteiger charge is 2.14. The number of benzene rings is 1. The molecule has 1 aromatic heterocycles. The Hall–Kier alpha value is -2.60. The van der Waals surface area contributed by atoms with Crippen molar-refractivity contribution >= 4 is 17.6 Å². The van der Waals surface area contributed by atoms with Crippen LogP contribution in [-0.2, 0) is 9.53 Å². The van der Waals surface area contributed by atoms with E-state index in [2.05, 4.69) is 5.32 Å². The number of quaternary nitrogens is 1. The van der Waals surface area contributed by atoms with Gasteiger partial charge in [-0.1, -0.05) is 0 Å². The molecule has 1 amide bonds. The number of anilines is 1. The van der Waals surface area contributed by atoms with Crippen molar-refractivity contribution in [3.8, 4) is 0 Å². The van der Waals surface area contributed by atoms with Crippen molar-refractivity contribution in [2.75, 3.05) is 18.5 Å². The van der Waals surface area contributed by atoms with Crippen molar-refractivity contribution in [2.24, 2.45) is 0 Å². The van der Waals surface area contributed by atoms with Gasteiger partial charge >= 0.3 is 5.97 Å². The standard InChI is InChI=1S/C17H20N2O4/c1-3-22-17(21)13-6-8-14(9-7-13)19-16(20)11-18-12(2)15-5-4-10-23-15/h4-10,12,18H,3,11H2,1-2H3,(H,19,20)/p+1/t12-/m0/s1. The van der Waals surface area contributed by atoms with Gasteiger partial charge in [-0.2, -0.15) is 0 Å². The van der Waals surface area contributed by atoms with Gasteiger partial charge in [0.15, 0.2) is 12.3 Å². The van der Waals surface area contributed by atoms with Gasteiger partial charge in [0.25, 0.3) is 5.91 Å². The first-order valence-corrected chi connectivity index (χ1v) is 7.54. The first kappa shape index (κ1) is 16.8. The summed E-state index contributed by atoms with van der Waals surface area (Å²) >= 11 is 0. The van der Waals surface area contributed by atoms with E-state index >= 15 is 0 Å². The van der Waals surface area contributed by atoms with Crippen LogP contribution in [0.2, 0.25) is 0 Å². The first-order valence-electron chi connectivity index (χ1n) is 7.54. The number of carbonyl (C=O) groups excluding carboxylic acids is 2. The minimum atomic E-state index is -0.369. The van der Waals surface area contributed by atoms with Crippen LogP contribution < -0.4 is 10.6 Å². The molecule has 0 saturated carbocycles. The maximum Gasteiger partial charge on any atom is 0.338 e. The van der Waals surface area contributed by atoms with E-state index in [0.29, 0.717) is 17.9 Å². The molecule has 6 heteroatoms. The Morgan fingerprint density at radius 2 is 2.00 bits per heavy atom. The molecule has 0 unspecified atom stereocenters. The zero-order valence-electron chi connectivity index (χ0n) is 13.2. The molecule has 2 aromatic rings. The zero-order valence-corrected chi connectivity index (χ0v) is 13.2. The Kier molecular flexibility index (Phi) is 5.94. The van der Waals surface area contributed by atoms with Gasteiger partial charge in [0.05, 0.1) is 18.4 Å². The van der Waals surface area contributed by atoms with Crippen molar-refractivity contribution < 1.29 is 24.1 Å². The molecule has 0 aliphatic heterocycles. The number of rotatable bonds is 7. The van der Waals surface area contributed by atoms with Crippen LogP contribution in [0.4, 0.5) is 5.69 Å². The van der Waals surface area contributed by atoms with E-state index in [0.717, 1.165) is 5.76 Å². The topological polar surface area (TPSA) is 85.1 Å². The number of hydrogen-bond donors (Lipinski definition) is 2. The van der Waals surface area contributed by atoms with Crippen LogP contribution in [0.5, 0.6) is 0 Å². The summed E-state index contributed by atoms with van der Waals surface area (Å²) in [6, 6.07) is 10.4. The number of hydrogen-bond acceptors (Lipinski definition) is 4. The summed E-state index contributed by atoms with van der Waals surface area (Å²) in [5.74, 6) is 0.342. The largest absolute Gasteiger partial charge is 0.463 e. The maximum atomic E-state index is 11.9. The highest BCUT2D eigenvalue weighted by molar-refractivity contribution is 5.93. The van der Waals surface area contributed by atoms with E-state index < -0.39 is 0 Å². The number of furan rings is 1. The third-order valence-corrected chi connectivity index (χ3v) is 3.33. The molecule has 1 aromatic carbocycles. The quantitative estimate of drug-likeness (QED) is 0.762. The lowest BCUT2D eigenvalue weighted by atomic mass is 10.2. The van der Waals surface area contributed by atoms with Crippen LogP contribution in [0.25, 0.3) is 0 Å². The van der Waals surface area contributed by atoms with Crippen LogP contribution in [0.3, 0.4) is 0 Å². The molecule has 1 heterocycles. The van der Waals surface area contributed by atoms with Gasteiger partial charge in [-0.25, -0.2) is 4.79 Å². The Morgan fingerprint density at radius 1 is 1.26 bits per heavy atom. The zero-order chi connectivity index (χ0) is 16.7. The lowest BCUT2D eigenvalue weighted by Gasteiger charge is -2.09. The lowest BCUT2D eigenvalue weighted by molar-refractivity contribution is -0.684. The van der Waals surface area contributed by atoms with Crippen LogP contribution in [0.1, 0.15) is 36.0 Å². The molecule has 2 rings (SSSR count). The molecule has 0 radical (unpaired) electrons. The van der Waals surface area contributed by atoms with E-state index in [1.807, 2.05) is 24.4 Å². The minimum Gasteiger partial charge on any atom is -0.463 e. The van der Waals surface area contributed by atoms with Crippen molar-refractivity contribution in [1.29, 1.82) is 0 Å². The SMILES string of the molecule is CCOC(=O)c1ccc(NC(=O)C[NH2+][C@@H](C)c2ccco2)cc1.